The van der Waals surface area contributed by atoms with Crippen LogP contribution in [0.1, 0.15) is 11.3 Å². The van der Waals surface area contributed by atoms with Gasteiger partial charge < -0.3 is 9.72 Å². The van der Waals surface area contributed by atoms with E-state index < -0.39 is 0 Å². The number of nitrogens with one attached hydrogen (secondary N) is 1. The Morgan fingerprint density at radius 2 is 1.90 bits per heavy atom. The number of halogens is 3. The summed E-state index contributed by atoms with van der Waals surface area (Å²) in [5.74, 6) is 0. The smallest absolute Gasteiger partial charge is 0.137 e. The summed E-state index contributed by atoms with van der Waals surface area (Å²) in [5.41, 5.74) is 3.49. The minimum absolute atomic E-state index is 0.554. The van der Waals surface area contributed by atoms with Gasteiger partial charge in [-0.15, -0.1) is 0 Å². The predicted octanol–water partition coefficient (Wildman–Crippen LogP) is 5.22. The number of imidazole rings is 1. The lowest BCUT2D eigenvalue weighted by Crippen LogP contribution is -2.00. The van der Waals surface area contributed by atoms with Crippen molar-refractivity contribution in [2.24, 2.45) is 0 Å². The Hall–Kier alpha value is -1.42. The molecule has 2 aromatic heterocycles. The normalized spacial score (nSPS) is 11.0. The van der Waals surface area contributed by atoms with E-state index in [0.717, 1.165) is 22.6 Å². The van der Waals surface area contributed by atoms with Crippen molar-refractivity contribution in [1.29, 1.82) is 0 Å². The maximum atomic E-state index is 6.20. The second-order valence-electron chi connectivity index (χ2n) is 4.78. The third-order valence-electron chi connectivity index (χ3n) is 3.17. The summed E-state index contributed by atoms with van der Waals surface area (Å²) in [7, 11) is 0. The van der Waals surface area contributed by atoms with Crippen molar-refractivity contribution in [2.75, 3.05) is 5.32 Å². The Morgan fingerprint density at radius 1 is 1.10 bits per heavy atom. The van der Waals surface area contributed by atoms with Gasteiger partial charge in [-0.3, -0.25) is 0 Å². The molecular formula is C15H12Cl3N3. The second kappa shape index (κ2) is 5.76. The SMILES string of the molecule is Cc1cc(Cl)c(NCc2cn3cc(Cl)ccc3n2)cc1Cl. The zero-order valence-electron chi connectivity index (χ0n) is 11.2. The molecular weight excluding hydrogens is 329 g/mol. The van der Waals surface area contributed by atoms with E-state index in [1.54, 1.807) is 0 Å². The van der Waals surface area contributed by atoms with Crippen LogP contribution in [-0.2, 0) is 6.54 Å². The monoisotopic (exact) mass is 339 g/mol. The van der Waals surface area contributed by atoms with Gasteiger partial charge in [-0.05, 0) is 36.8 Å². The summed E-state index contributed by atoms with van der Waals surface area (Å²) in [4.78, 5) is 4.50. The molecule has 0 bridgehead atoms. The quantitative estimate of drug-likeness (QED) is 0.708. The molecule has 0 atom stereocenters. The largest absolute Gasteiger partial charge is 0.378 e. The van der Waals surface area contributed by atoms with E-state index in [1.165, 1.54) is 0 Å². The summed E-state index contributed by atoms with van der Waals surface area (Å²) >= 11 is 18.3. The fourth-order valence-corrected chi connectivity index (χ4v) is 2.69. The van der Waals surface area contributed by atoms with Crippen LogP contribution in [0, 0.1) is 6.92 Å². The van der Waals surface area contributed by atoms with E-state index in [2.05, 4.69) is 10.3 Å². The highest BCUT2D eigenvalue weighted by atomic mass is 35.5. The van der Waals surface area contributed by atoms with Gasteiger partial charge in [0.1, 0.15) is 5.65 Å². The second-order valence-corrected chi connectivity index (χ2v) is 6.03. The van der Waals surface area contributed by atoms with Gasteiger partial charge in [0.05, 0.1) is 28.0 Å². The predicted molar refractivity (Wildman–Crippen MR) is 88.7 cm³/mol. The molecule has 3 nitrogen and oxygen atoms in total. The highest BCUT2D eigenvalue weighted by Crippen LogP contribution is 2.29. The average molecular weight is 341 g/mol. The van der Waals surface area contributed by atoms with Crippen LogP contribution < -0.4 is 5.32 Å². The highest BCUT2D eigenvalue weighted by molar-refractivity contribution is 6.35. The summed E-state index contributed by atoms with van der Waals surface area (Å²) < 4.78 is 1.89. The van der Waals surface area contributed by atoms with Crippen molar-refractivity contribution in [3.63, 3.8) is 0 Å². The van der Waals surface area contributed by atoms with Crippen LogP contribution in [0.5, 0.6) is 0 Å². The van der Waals surface area contributed by atoms with E-state index in [4.69, 9.17) is 34.8 Å². The molecule has 6 heteroatoms. The van der Waals surface area contributed by atoms with Crippen LogP contribution in [0.4, 0.5) is 5.69 Å². The Balaban J connectivity index is 1.81. The number of rotatable bonds is 3. The Morgan fingerprint density at radius 3 is 2.71 bits per heavy atom. The number of benzene rings is 1. The molecule has 2 heterocycles. The fraction of sp³-hybridized carbons (Fsp3) is 0.133. The minimum Gasteiger partial charge on any atom is -0.378 e. The van der Waals surface area contributed by atoms with E-state index >= 15 is 0 Å². The molecule has 3 rings (SSSR count). The standard InChI is InChI=1S/C15H12Cl3N3/c1-9-4-13(18)14(5-12(9)17)19-6-11-8-21-7-10(16)2-3-15(21)20-11/h2-5,7-8,19H,6H2,1H3. The van der Waals surface area contributed by atoms with Crippen LogP contribution in [0.3, 0.4) is 0 Å². The number of nitrogens with zero attached hydrogens (tertiary/aromatic N) is 2. The topological polar surface area (TPSA) is 29.3 Å². The van der Waals surface area contributed by atoms with Crippen LogP contribution >= 0.6 is 34.8 Å². The molecule has 0 spiro atoms. The lowest BCUT2D eigenvalue weighted by molar-refractivity contribution is 1.08. The van der Waals surface area contributed by atoms with Crippen LogP contribution in [-0.4, -0.2) is 9.38 Å². The zero-order chi connectivity index (χ0) is 15.0. The summed E-state index contributed by atoms with van der Waals surface area (Å²) in [6, 6.07) is 7.36. The van der Waals surface area contributed by atoms with Crippen molar-refractivity contribution in [2.45, 2.75) is 13.5 Å². The molecule has 0 saturated carbocycles. The van der Waals surface area contributed by atoms with Crippen molar-refractivity contribution < 1.29 is 0 Å². The zero-order valence-corrected chi connectivity index (χ0v) is 13.5. The number of pyridine rings is 1. The lowest BCUT2D eigenvalue weighted by atomic mass is 10.2. The van der Waals surface area contributed by atoms with Crippen molar-refractivity contribution >= 4 is 46.1 Å². The van der Waals surface area contributed by atoms with Gasteiger partial charge >= 0.3 is 0 Å². The third kappa shape index (κ3) is 3.10. The Labute approximate surface area is 137 Å². The minimum atomic E-state index is 0.554. The molecule has 1 N–H and O–H groups in total. The molecule has 0 amide bonds. The highest BCUT2D eigenvalue weighted by Gasteiger charge is 2.06. The summed E-state index contributed by atoms with van der Waals surface area (Å²) in [6.45, 7) is 2.47. The molecule has 0 fully saturated rings. The maximum absolute atomic E-state index is 6.20. The number of anilines is 1. The first kappa shape index (κ1) is 14.5. The van der Waals surface area contributed by atoms with Gasteiger partial charge in [0, 0.05) is 17.4 Å². The van der Waals surface area contributed by atoms with E-state index in [0.29, 0.717) is 21.6 Å². The first-order valence-electron chi connectivity index (χ1n) is 6.35. The molecule has 0 radical (unpaired) electrons. The van der Waals surface area contributed by atoms with Crippen LogP contribution in [0.2, 0.25) is 15.1 Å². The number of hydrogen-bond acceptors (Lipinski definition) is 2. The van der Waals surface area contributed by atoms with Crippen molar-refractivity contribution in [3.05, 3.63) is 63.0 Å². The number of aromatic nitrogens is 2. The van der Waals surface area contributed by atoms with Gasteiger partial charge in [0.25, 0.3) is 0 Å². The van der Waals surface area contributed by atoms with E-state index in [9.17, 15) is 0 Å². The first-order valence-corrected chi connectivity index (χ1v) is 7.49. The molecule has 0 unspecified atom stereocenters. The van der Waals surface area contributed by atoms with Crippen LogP contribution in [0.15, 0.2) is 36.7 Å². The summed E-state index contributed by atoms with van der Waals surface area (Å²) in [5, 5.41) is 5.25. The molecule has 0 aliphatic carbocycles. The van der Waals surface area contributed by atoms with E-state index in [1.807, 2.05) is 48.0 Å². The average Bonchev–Trinajstić information content (AvgIpc) is 2.83. The number of hydrogen-bond donors (Lipinski definition) is 1. The molecule has 3 aromatic rings. The molecule has 108 valence electrons. The van der Waals surface area contributed by atoms with Gasteiger partial charge in [-0.2, -0.15) is 0 Å². The Bertz CT molecular complexity index is 811. The molecule has 1 aromatic carbocycles. The van der Waals surface area contributed by atoms with Gasteiger partial charge in [0.2, 0.25) is 0 Å². The van der Waals surface area contributed by atoms with Gasteiger partial charge in [-0.25, -0.2) is 4.98 Å². The maximum Gasteiger partial charge on any atom is 0.137 e. The van der Waals surface area contributed by atoms with Crippen LogP contribution in [0.25, 0.3) is 5.65 Å². The number of aryl methyl sites for hydroxylation is 1. The van der Waals surface area contributed by atoms with Crippen molar-refractivity contribution in [3.8, 4) is 0 Å². The number of fused-ring (bicyclic) bond motifs is 1. The Kier molecular flexibility index (Phi) is 3.98. The molecule has 21 heavy (non-hydrogen) atoms. The van der Waals surface area contributed by atoms with Crippen molar-refractivity contribution in [1.82, 2.24) is 9.38 Å². The first-order chi connectivity index (χ1) is 10.0. The van der Waals surface area contributed by atoms with Gasteiger partial charge in [-0.1, -0.05) is 34.8 Å². The van der Waals surface area contributed by atoms with Gasteiger partial charge in [0.15, 0.2) is 0 Å². The summed E-state index contributed by atoms with van der Waals surface area (Å²) in [6.07, 6.45) is 3.75. The lowest BCUT2D eigenvalue weighted by Gasteiger charge is -2.09. The van der Waals surface area contributed by atoms with E-state index in [-0.39, 0.29) is 0 Å². The third-order valence-corrected chi connectivity index (χ3v) is 4.12. The molecule has 0 saturated heterocycles. The fourth-order valence-electron chi connectivity index (χ4n) is 2.07. The molecule has 0 aliphatic heterocycles. The molecule has 0 aliphatic rings.